The number of hydrogen-bond acceptors (Lipinski definition) is 5. The molecular formula is C17H20ClN5OS. The van der Waals surface area contributed by atoms with E-state index >= 15 is 0 Å². The second-order valence-corrected chi connectivity index (χ2v) is 7.05. The second kappa shape index (κ2) is 8.40. The van der Waals surface area contributed by atoms with Gasteiger partial charge in [0.05, 0.1) is 11.4 Å². The van der Waals surface area contributed by atoms with E-state index in [2.05, 4.69) is 27.0 Å². The summed E-state index contributed by atoms with van der Waals surface area (Å²) in [4.78, 5) is 14.1. The van der Waals surface area contributed by atoms with Gasteiger partial charge in [-0.1, -0.05) is 35.5 Å². The SMILES string of the molecule is C=CCNC(=O)CSc1nnc(N2CCCC2)n1-c1cccc(Cl)c1. The molecule has 0 atom stereocenters. The maximum Gasteiger partial charge on any atom is 0.232 e. The number of benzene rings is 1. The molecule has 6 nitrogen and oxygen atoms in total. The van der Waals surface area contributed by atoms with E-state index in [4.69, 9.17) is 11.6 Å². The van der Waals surface area contributed by atoms with Crippen molar-refractivity contribution in [3.05, 3.63) is 41.9 Å². The molecule has 1 aromatic carbocycles. The van der Waals surface area contributed by atoms with Gasteiger partial charge < -0.3 is 10.2 Å². The van der Waals surface area contributed by atoms with Gasteiger partial charge in [0.2, 0.25) is 11.9 Å². The Bertz CT molecular complexity index is 757. The molecule has 2 heterocycles. The number of thioether (sulfide) groups is 1. The van der Waals surface area contributed by atoms with Crippen LogP contribution in [0.4, 0.5) is 5.95 Å². The topological polar surface area (TPSA) is 63.1 Å². The fraction of sp³-hybridized carbons (Fsp3) is 0.353. The number of carbonyl (C=O) groups is 1. The molecule has 25 heavy (non-hydrogen) atoms. The van der Waals surface area contributed by atoms with Gasteiger partial charge in [0.25, 0.3) is 0 Å². The molecule has 1 aliphatic heterocycles. The summed E-state index contributed by atoms with van der Waals surface area (Å²) in [5, 5.41) is 12.8. The van der Waals surface area contributed by atoms with E-state index in [0.717, 1.165) is 37.6 Å². The predicted octanol–water partition coefficient (Wildman–Crippen LogP) is 2.92. The number of nitrogens with one attached hydrogen (secondary N) is 1. The average molecular weight is 378 g/mol. The van der Waals surface area contributed by atoms with E-state index < -0.39 is 0 Å². The summed E-state index contributed by atoms with van der Waals surface area (Å²) in [5.41, 5.74) is 0.897. The van der Waals surface area contributed by atoms with Crippen LogP contribution in [-0.4, -0.2) is 46.1 Å². The van der Waals surface area contributed by atoms with E-state index in [0.29, 0.717) is 16.7 Å². The molecule has 1 aliphatic rings. The summed E-state index contributed by atoms with van der Waals surface area (Å²) in [6.07, 6.45) is 3.95. The van der Waals surface area contributed by atoms with E-state index in [1.54, 1.807) is 6.08 Å². The Labute approximate surface area is 156 Å². The largest absolute Gasteiger partial charge is 0.352 e. The molecule has 1 amide bonds. The molecule has 0 saturated carbocycles. The molecule has 3 rings (SSSR count). The van der Waals surface area contributed by atoms with Crippen molar-refractivity contribution in [3.8, 4) is 5.69 Å². The molecule has 1 fully saturated rings. The van der Waals surface area contributed by atoms with Crippen LogP contribution in [0.25, 0.3) is 5.69 Å². The van der Waals surface area contributed by atoms with Gasteiger partial charge in [0.15, 0.2) is 5.16 Å². The number of amides is 1. The standard InChI is InChI=1S/C17H20ClN5OS/c1-2-8-19-15(24)12-25-17-21-20-16(22-9-3-4-10-22)23(17)14-7-5-6-13(18)11-14/h2,5-7,11H,1,3-4,8-10,12H2,(H,19,24). The van der Waals surface area contributed by atoms with Crippen LogP contribution in [0, 0.1) is 0 Å². The van der Waals surface area contributed by atoms with Crippen LogP contribution >= 0.6 is 23.4 Å². The van der Waals surface area contributed by atoms with Crippen molar-refractivity contribution in [2.45, 2.75) is 18.0 Å². The second-order valence-electron chi connectivity index (χ2n) is 5.67. The lowest BCUT2D eigenvalue weighted by Gasteiger charge is -2.18. The highest BCUT2D eigenvalue weighted by Gasteiger charge is 2.22. The molecule has 2 aromatic rings. The fourth-order valence-electron chi connectivity index (χ4n) is 2.69. The Kier molecular flexibility index (Phi) is 5.99. The van der Waals surface area contributed by atoms with Gasteiger partial charge in [-0.25, -0.2) is 0 Å². The van der Waals surface area contributed by atoms with Crippen LogP contribution in [0.1, 0.15) is 12.8 Å². The molecule has 8 heteroatoms. The van der Waals surface area contributed by atoms with Gasteiger partial charge in [-0.2, -0.15) is 0 Å². The first-order valence-electron chi connectivity index (χ1n) is 8.15. The number of halogens is 1. The highest BCUT2D eigenvalue weighted by molar-refractivity contribution is 7.99. The van der Waals surface area contributed by atoms with Crippen LogP contribution in [0.5, 0.6) is 0 Å². The van der Waals surface area contributed by atoms with Crippen molar-refractivity contribution in [2.75, 3.05) is 30.3 Å². The predicted molar refractivity (Wildman–Crippen MR) is 102 cm³/mol. The zero-order chi connectivity index (χ0) is 17.6. The summed E-state index contributed by atoms with van der Waals surface area (Å²) in [7, 11) is 0. The summed E-state index contributed by atoms with van der Waals surface area (Å²) in [6.45, 7) is 5.98. The first-order chi connectivity index (χ1) is 12.2. The minimum atomic E-state index is -0.0618. The molecule has 0 bridgehead atoms. The molecule has 132 valence electrons. The van der Waals surface area contributed by atoms with Gasteiger partial charge in [-0.05, 0) is 31.0 Å². The number of aromatic nitrogens is 3. The van der Waals surface area contributed by atoms with E-state index in [1.165, 1.54) is 11.8 Å². The molecule has 1 aromatic heterocycles. The molecular weight excluding hydrogens is 358 g/mol. The van der Waals surface area contributed by atoms with Gasteiger partial charge >= 0.3 is 0 Å². The van der Waals surface area contributed by atoms with Crippen molar-refractivity contribution in [1.82, 2.24) is 20.1 Å². The van der Waals surface area contributed by atoms with Gasteiger partial charge in [-0.15, -0.1) is 16.8 Å². The Hall–Kier alpha value is -1.99. The van der Waals surface area contributed by atoms with E-state index in [-0.39, 0.29) is 11.7 Å². The smallest absolute Gasteiger partial charge is 0.232 e. The third-order valence-corrected chi connectivity index (χ3v) is 5.01. The molecule has 0 aliphatic carbocycles. The number of hydrogen-bond donors (Lipinski definition) is 1. The Morgan fingerprint density at radius 3 is 2.88 bits per heavy atom. The van der Waals surface area contributed by atoms with Gasteiger partial charge in [0, 0.05) is 24.7 Å². The number of carbonyl (C=O) groups excluding carboxylic acids is 1. The molecule has 0 radical (unpaired) electrons. The van der Waals surface area contributed by atoms with Crippen molar-refractivity contribution in [1.29, 1.82) is 0 Å². The lowest BCUT2D eigenvalue weighted by atomic mass is 10.3. The van der Waals surface area contributed by atoms with Crippen molar-refractivity contribution < 1.29 is 4.79 Å². The Balaban J connectivity index is 1.87. The zero-order valence-electron chi connectivity index (χ0n) is 13.8. The monoisotopic (exact) mass is 377 g/mol. The molecule has 0 unspecified atom stereocenters. The normalized spacial score (nSPS) is 13.9. The zero-order valence-corrected chi connectivity index (χ0v) is 15.4. The first-order valence-corrected chi connectivity index (χ1v) is 9.52. The van der Waals surface area contributed by atoms with Crippen LogP contribution in [0.15, 0.2) is 42.1 Å². The summed E-state index contributed by atoms with van der Waals surface area (Å²) < 4.78 is 1.97. The van der Waals surface area contributed by atoms with E-state index in [9.17, 15) is 4.79 Å². The maximum absolute atomic E-state index is 11.9. The summed E-state index contributed by atoms with van der Waals surface area (Å²) in [6, 6.07) is 7.58. The van der Waals surface area contributed by atoms with Crippen molar-refractivity contribution >= 4 is 35.2 Å². The molecule has 0 spiro atoms. The first kappa shape index (κ1) is 17.8. The summed E-state index contributed by atoms with van der Waals surface area (Å²) >= 11 is 7.52. The van der Waals surface area contributed by atoms with Crippen LogP contribution in [0.2, 0.25) is 5.02 Å². The van der Waals surface area contributed by atoms with E-state index in [1.807, 2.05) is 28.8 Å². The Morgan fingerprint density at radius 1 is 1.36 bits per heavy atom. The third-order valence-electron chi connectivity index (χ3n) is 3.85. The van der Waals surface area contributed by atoms with Crippen molar-refractivity contribution in [3.63, 3.8) is 0 Å². The minimum Gasteiger partial charge on any atom is -0.352 e. The Morgan fingerprint density at radius 2 is 2.16 bits per heavy atom. The molecule has 1 saturated heterocycles. The lowest BCUT2D eigenvalue weighted by Crippen LogP contribution is -2.25. The van der Waals surface area contributed by atoms with Gasteiger partial charge in [0.1, 0.15) is 0 Å². The highest BCUT2D eigenvalue weighted by Crippen LogP contribution is 2.29. The summed E-state index contributed by atoms with van der Waals surface area (Å²) in [5.74, 6) is 1.01. The maximum atomic E-state index is 11.9. The fourth-order valence-corrected chi connectivity index (χ4v) is 3.65. The van der Waals surface area contributed by atoms with Crippen LogP contribution in [0.3, 0.4) is 0 Å². The lowest BCUT2D eigenvalue weighted by molar-refractivity contribution is -0.118. The van der Waals surface area contributed by atoms with Crippen LogP contribution < -0.4 is 10.2 Å². The number of anilines is 1. The number of nitrogens with zero attached hydrogens (tertiary/aromatic N) is 4. The van der Waals surface area contributed by atoms with Crippen LogP contribution in [-0.2, 0) is 4.79 Å². The van der Waals surface area contributed by atoms with Gasteiger partial charge in [-0.3, -0.25) is 9.36 Å². The molecule has 1 N–H and O–H groups in total. The third kappa shape index (κ3) is 4.35. The average Bonchev–Trinajstić information content (AvgIpc) is 3.27. The quantitative estimate of drug-likeness (QED) is 0.593. The number of rotatable bonds is 7. The minimum absolute atomic E-state index is 0.0618. The van der Waals surface area contributed by atoms with Crippen molar-refractivity contribution in [2.24, 2.45) is 0 Å². The highest BCUT2D eigenvalue weighted by atomic mass is 35.5.